The predicted molar refractivity (Wildman–Crippen MR) is 74.7 cm³/mol. The number of fused-ring (bicyclic) bond motifs is 1. The predicted octanol–water partition coefficient (Wildman–Crippen LogP) is 1.91. The molecule has 0 unspecified atom stereocenters. The second-order valence-corrected chi connectivity index (χ2v) is 5.59. The Kier molecular flexibility index (Phi) is 5.08. The lowest BCUT2D eigenvalue weighted by Crippen LogP contribution is -2.32. The summed E-state index contributed by atoms with van der Waals surface area (Å²) in [5.41, 5.74) is 2.63. The van der Waals surface area contributed by atoms with Crippen LogP contribution in [0.2, 0.25) is 0 Å². The average molecular weight is 265 g/mol. The number of rotatable bonds is 5. The largest absolute Gasteiger partial charge is 0.396 e. The van der Waals surface area contributed by atoms with Crippen molar-refractivity contribution in [3.05, 3.63) is 35.4 Å². The highest BCUT2D eigenvalue weighted by molar-refractivity contribution is 7.99. The monoisotopic (exact) mass is 265 g/mol. The quantitative estimate of drug-likeness (QED) is 0.800. The molecule has 98 valence electrons. The molecule has 1 aromatic rings. The molecule has 0 aliphatic heterocycles. The van der Waals surface area contributed by atoms with Gasteiger partial charge in [0.1, 0.15) is 0 Å². The summed E-state index contributed by atoms with van der Waals surface area (Å²) in [5, 5.41) is 11.8. The third-order valence-electron chi connectivity index (χ3n) is 3.17. The fourth-order valence-electron chi connectivity index (χ4n) is 2.37. The highest BCUT2D eigenvalue weighted by atomic mass is 32.2. The molecular weight excluding hydrogens is 246 g/mol. The van der Waals surface area contributed by atoms with E-state index in [1.54, 1.807) is 0 Å². The molecule has 1 aromatic carbocycles. The van der Waals surface area contributed by atoms with Gasteiger partial charge in [0.25, 0.3) is 0 Å². The van der Waals surface area contributed by atoms with Gasteiger partial charge in [-0.3, -0.25) is 4.79 Å². The minimum absolute atomic E-state index is 0.0650. The van der Waals surface area contributed by atoms with E-state index >= 15 is 0 Å². The topological polar surface area (TPSA) is 49.3 Å². The fourth-order valence-corrected chi connectivity index (χ4v) is 2.91. The van der Waals surface area contributed by atoms with E-state index in [0.717, 1.165) is 19.3 Å². The molecular formula is C14H19NO2S. The zero-order chi connectivity index (χ0) is 12.8. The summed E-state index contributed by atoms with van der Waals surface area (Å²) < 4.78 is 0. The number of aryl methyl sites for hydroxylation is 1. The summed E-state index contributed by atoms with van der Waals surface area (Å²) in [7, 11) is 0. The molecule has 0 radical (unpaired) electrons. The Morgan fingerprint density at radius 2 is 2.28 bits per heavy atom. The zero-order valence-electron chi connectivity index (χ0n) is 10.4. The maximum Gasteiger partial charge on any atom is 0.230 e. The van der Waals surface area contributed by atoms with Gasteiger partial charge in [0.2, 0.25) is 5.91 Å². The number of thioether (sulfide) groups is 1. The molecule has 1 aliphatic carbocycles. The van der Waals surface area contributed by atoms with Crippen LogP contribution in [0.15, 0.2) is 24.3 Å². The Morgan fingerprint density at radius 3 is 3.11 bits per heavy atom. The van der Waals surface area contributed by atoms with Crippen LogP contribution >= 0.6 is 11.8 Å². The number of hydrogen-bond donors (Lipinski definition) is 2. The van der Waals surface area contributed by atoms with Gasteiger partial charge in [-0.25, -0.2) is 0 Å². The number of amides is 1. The van der Waals surface area contributed by atoms with Crippen molar-refractivity contribution in [1.29, 1.82) is 0 Å². The lowest BCUT2D eigenvalue weighted by atomic mass is 9.88. The van der Waals surface area contributed by atoms with Gasteiger partial charge in [-0.2, -0.15) is 0 Å². The van der Waals surface area contributed by atoms with E-state index < -0.39 is 0 Å². The van der Waals surface area contributed by atoms with Crippen LogP contribution in [0, 0.1) is 0 Å². The van der Waals surface area contributed by atoms with Gasteiger partial charge >= 0.3 is 0 Å². The summed E-state index contributed by atoms with van der Waals surface area (Å²) in [6, 6.07) is 8.51. The number of aliphatic hydroxyl groups excluding tert-OH is 1. The Bertz CT molecular complexity index is 409. The highest BCUT2D eigenvalue weighted by Gasteiger charge is 2.20. The third kappa shape index (κ3) is 3.50. The van der Waals surface area contributed by atoms with Crippen molar-refractivity contribution in [1.82, 2.24) is 5.32 Å². The van der Waals surface area contributed by atoms with E-state index in [1.165, 1.54) is 22.9 Å². The van der Waals surface area contributed by atoms with Crippen LogP contribution in [-0.2, 0) is 11.2 Å². The molecule has 0 fully saturated rings. The number of carbonyl (C=O) groups is 1. The van der Waals surface area contributed by atoms with Crippen LogP contribution < -0.4 is 5.32 Å². The normalized spacial score (nSPS) is 18.2. The van der Waals surface area contributed by atoms with E-state index in [1.807, 2.05) is 6.07 Å². The van der Waals surface area contributed by atoms with Crippen molar-refractivity contribution in [2.75, 3.05) is 18.1 Å². The molecule has 0 saturated heterocycles. The molecule has 0 spiro atoms. The molecule has 3 nitrogen and oxygen atoms in total. The summed E-state index contributed by atoms with van der Waals surface area (Å²) in [6.07, 6.45) is 3.26. The number of aliphatic hydroxyl groups is 1. The number of nitrogens with one attached hydrogen (secondary N) is 1. The molecule has 4 heteroatoms. The Balaban J connectivity index is 1.92. The van der Waals surface area contributed by atoms with E-state index in [4.69, 9.17) is 5.11 Å². The van der Waals surface area contributed by atoms with Gasteiger partial charge in [0, 0.05) is 5.75 Å². The summed E-state index contributed by atoms with van der Waals surface area (Å²) in [5.74, 6) is 1.11. The molecule has 0 heterocycles. The summed E-state index contributed by atoms with van der Waals surface area (Å²) in [6.45, 7) is 0.129. The lowest BCUT2D eigenvalue weighted by Gasteiger charge is -2.26. The first kappa shape index (κ1) is 13.4. The number of carbonyl (C=O) groups excluding carboxylic acids is 1. The molecule has 1 aliphatic rings. The van der Waals surface area contributed by atoms with Gasteiger partial charge in [-0.1, -0.05) is 24.3 Å². The maximum absolute atomic E-state index is 11.8. The first-order valence-corrected chi connectivity index (χ1v) is 7.52. The van der Waals surface area contributed by atoms with Crippen LogP contribution in [0.1, 0.15) is 30.0 Å². The van der Waals surface area contributed by atoms with E-state index in [-0.39, 0.29) is 18.6 Å². The zero-order valence-corrected chi connectivity index (χ0v) is 11.2. The van der Waals surface area contributed by atoms with Crippen LogP contribution in [0.5, 0.6) is 0 Å². The smallest absolute Gasteiger partial charge is 0.230 e. The van der Waals surface area contributed by atoms with Crippen molar-refractivity contribution in [2.45, 2.75) is 25.3 Å². The number of benzene rings is 1. The highest BCUT2D eigenvalue weighted by Crippen LogP contribution is 2.29. The van der Waals surface area contributed by atoms with Gasteiger partial charge < -0.3 is 10.4 Å². The van der Waals surface area contributed by atoms with Gasteiger partial charge in [-0.15, -0.1) is 11.8 Å². The molecule has 1 amide bonds. The molecule has 2 rings (SSSR count). The van der Waals surface area contributed by atoms with Gasteiger partial charge in [0.05, 0.1) is 18.4 Å². The first-order valence-electron chi connectivity index (χ1n) is 6.37. The van der Waals surface area contributed by atoms with Crippen molar-refractivity contribution in [3.8, 4) is 0 Å². The first-order chi connectivity index (χ1) is 8.81. The average Bonchev–Trinajstić information content (AvgIpc) is 2.39. The molecule has 0 bridgehead atoms. The molecule has 1 atom stereocenters. The van der Waals surface area contributed by atoms with Crippen molar-refractivity contribution < 1.29 is 9.90 Å². The second kappa shape index (κ2) is 6.81. The molecule has 0 saturated carbocycles. The summed E-state index contributed by atoms with van der Waals surface area (Å²) in [4.78, 5) is 11.8. The summed E-state index contributed by atoms with van der Waals surface area (Å²) >= 11 is 1.47. The van der Waals surface area contributed by atoms with Gasteiger partial charge in [0.15, 0.2) is 0 Å². The molecule has 2 N–H and O–H groups in total. The van der Waals surface area contributed by atoms with Crippen LogP contribution in [0.4, 0.5) is 0 Å². The minimum Gasteiger partial charge on any atom is -0.396 e. The SMILES string of the molecule is O=C(CSCCO)N[C@H]1CCCc2ccccc21. The van der Waals surface area contributed by atoms with E-state index in [9.17, 15) is 4.79 Å². The van der Waals surface area contributed by atoms with Crippen LogP contribution in [0.25, 0.3) is 0 Å². The standard InChI is InChI=1S/C14H19NO2S/c16-8-9-18-10-14(17)15-13-7-3-5-11-4-1-2-6-12(11)13/h1-2,4,6,13,16H,3,5,7-10H2,(H,15,17)/t13-/m0/s1. The third-order valence-corrected chi connectivity index (χ3v) is 4.11. The lowest BCUT2D eigenvalue weighted by molar-refractivity contribution is -0.119. The Morgan fingerprint density at radius 1 is 1.44 bits per heavy atom. The van der Waals surface area contributed by atoms with Crippen molar-refractivity contribution in [2.24, 2.45) is 0 Å². The van der Waals surface area contributed by atoms with E-state index in [0.29, 0.717) is 11.5 Å². The van der Waals surface area contributed by atoms with Crippen LogP contribution in [-0.4, -0.2) is 29.1 Å². The Labute approximate surface area is 112 Å². The van der Waals surface area contributed by atoms with E-state index in [2.05, 4.69) is 23.5 Å². The maximum atomic E-state index is 11.8. The molecule has 0 aromatic heterocycles. The van der Waals surface area contributed by atoms with Crippen molar-refractivity contribution in [3.63, 3.8) is 0 Å². The van der Waals surface area contributed by atoms with Crippen molar-refractivity contribution >= 4 is 17.7 Å². The van der Waals surface area contributed by atoms with Crippen LogP contribution in [0.3, 0.4) is 0 Å². The van der Waals surface area contributed by atoms with Gasteiger partial charge in [-0.05, 0) is 30.4 Å². The number of hydrogen-bond acceptors (Lipinski definition) is 3. The Hall–Kier alpha value is -1.00. The second-order valence-electron chi connectivity index (χ2n) is 4.49. The molecule has 18 heavy (non-hydrogen) atoms. The minimum atomic E-state index is 0.0650. The fraction of sp³-hybridized carbons (Fsp3) is 0.500.